The van der Waals surface area contributed by atoms with Gasteiger partial charge in [0.1, 0.15) is 5.82 Å². The van der Waals surface area contributed by atoms with Gasteiger partial charge in [-0.05, 0) is 67.8 Å². The molecule has 128 valence electrons. The number of aryl methyl sites for hydroxylation is 3. The summed E-state index contributed by atoms with van der Waals surface area (Å²) in [6, 6.07) is 7.04. The maximum atomic E-state index is 13.2. The third kappa shape index (κ3) is 3.91. The molecule has 7 heteroatoms. The first-order valence-corrected chi connectivity index (χ1v) is 8.76. The monoisotopic (exact) mass is 350 g/mol. The number of hydrogen-bond donors (Lipinski definition) is 2. The Kier molecular flexibility index (Phi) is 4.94. The van der Waals surface area contributed by atoms with Gasteiger partial charge in [-0.3, -0.25) is 9.52 Å². The van der Waals surface area contributed by atoms with E-state index in [1.807, 2.05) is 0 Å². The quantitative estimate of drug-likeness (QED) is 0.886. The van der Waals surface area contributed by atoms with Gasteiger partial charge >= 0.3 is 0 Å². The fraction of sp³-hybridized carbons (Fsp3) is 0.235. The van der Waals surface area contributed by atoms with Gasteiger partial charge in [-0.25, -0.2) is 12.8 Å². The van der Waals surface area contributed by atoms with Gasteiger partial charge in [-0.15, -0.1) is 0 Å². The Morgan fingerprint density at radius 1 is 1.00 bits per heavy atom. The van der Waals surface area contributed by atoms with Crippen molar-refractivity contribution in [1.82, 2.24) is 0 Å². The molecule has 0 atom stereocenters. The van der Waals surface area contributed by atoms with E-state index < -0.39 is 15.8 Å². The molecule has 2 N–H and O–H groups in total. The van der Waals surface area contributed by atoms with E-state index in [1.165, 1.54) is 25.1 Å². The predicted molar refractivity (Wildman–Crippen MR) is 92.2 cm³/mol. The Labute approximate surface area is 141 Å². The molecule has 5 nitrogen and oxygen atoms in total. The molecule has 24 heavy (non-hydrogen) atoms. The zero-order chi connectivity index (χ0) is 18.1. The first-order valence-electron chi connectivity index (χ1n) is 7.28. The predicted octanol–water partition coefficient (Wildman–Crippen LogP) is 3.51. The molecule has 0 aliphatic rings. The van der Waals surface area contributed by atoms with Crippen molar-refractivity contribution in [2.45, 2.75) is 32.6 Å². The number of sulfonamides is 1. The minimum atomic E-state index is -3.84. The molecular formula is C17H19FN2O3S. The average Bonchev–Trinajstić information content (AvgIpc) is 2.39. The maximum Gasteiger partial charge on any atom is 0.262 e. The highest BCUT2D eigenvalue weighted by Crippen LogP contribution is 2.27. The second-order valence-corrected chi connectivity index (χ2v) is 7.30. The van der Waals surface area contributed by atoms with Crippen LogP contribution in [0.1, 0.15) is 23.6 Å². The van der Waals surface area contributed by atoms with Crippen LogP contribution < -0.4 is 10.0 Å². The minimum absolute atomic E-state index is 0.139. The number of carbonyl (C=O) groups is 1. The molecule has 0 saturated heterocycles. The molecule has 0 heterocycles. The number of hydrogen-bond acceptors (Lipinski definition) is 3. The lowest BCUT2D eigenvalue weighted by Crippen LogP contribution is -2.17. The SMILES string of the molecule is CC(=O)Nc1cc(C)c(S(=O)(=O)Nc2ccc(F)cc2C)c(C)c1. The fourth-order valence-electron chi connectivity index (χ4n) is 2.59. The summed E-state index contributed by atoms with van der Waals surface area (Å²) in [4.78, 5) is 11.3. The fourth-order valence-corrected chi connectivity index (χ4v) is 4.17. The second-order valence-electron chi connectivity index (χ2n) is 5.69. The highest BCUT2D eigenvalue weighted by atomic mass is 32.2. The van der Waals surface area contributed by atoms with Crippen LogP contribution in [-0.4, -0.2) is 14.3 Å². The van der Waals surface area contributed by atoms with E-state index in [0.29, 0.717) is 28.1 Å². The van der Waals surface area contributed by atoms with Crippen LogP contribution in [0.3, 0.4) is 0 Å². The molecule has 0 aliphatic carbocycles. The standard InChI is InChI=1S/C17H19FN2O3S/c1-10-7-14(18)5-6-16(10)20-24(22,23)17-11(2)8-15(9-12(17)3)19-13(4)21/h5-9,20H,1-4H3,(H,19,21). The topological polar surface area (TPSA) is 75.3 Å². The zero-order valence-electron chi connectivity index (χ0n) is 13.9. The molecule has 0 bridgehead atoms. The molecule has 0 radical (unpaired) electrons. The molecule has 0 saturated carbocycles. The van der Waals surface area contributed by atoms with Gasteiger partial charge in [-0.1, -0.05) is 0 Å². The Morgan fingerprint density at radius 2 is 1.58 bits per heavy atom. The van der Waals surface area contributed by atoms with Crippen molar-refractivity contribution in [2.24, 2.45) is 0 Å². The summed E-state index contributed by atoms with van der Waals surface area (Å²) in [5, 5.41) is 2.63. The van der Waals surface area contributed by atoms with Crippen LogP contribution >= 0.6 is 0 Å². The number of rotatable bonds is 4. The first-order chi connectivity index (χ1) is 11.1. The molecule has 0 spiro atoms. The number of nitrogens with one attached hydrogen (secondary N) is 2. The summed E-state index contributed by atoms with van der Waals surface area (Å²) < 4.78 is 41.1. The van der Waals surface area contributed by atoms with Gasteiger partial charge in [0, 0.05) is 12.6 Å². The molecule has 2 rings (SSSR count). The van der Waals surface area contributed by atoms with E-state index in [4.69, 9.17) is 0 Å². The van der Waals surface area contributed by atoms with Gasteiger partial charge < -0.3 is 5.32 Å². The van der Waals surface area contributed by atoms with Crippen LogP contribution in [-0.2, 0) is 14.8 Å². The number of halogens is 1. The highest BCUT2D eigenvalue weighted by molar-refractivity contribution is 7.92. The lowest BCUT2D eigenvalue weighted by atomic mass is 10.1. The third-order valence-corrected chi connectivity index (χ3v) is 5.15. The number of carbonyl (C=O) groups excluding carboxylic acids is 1. The number of anilines is 2. The van der Waals surface area contributed by atoms with Gasteiger partial charge in [0.25, 0.3) is 10.0 Å². The first kappa shape index (κ1) is 17.9. The molecule has 2 aromatic rings. The molecule has 0 fully saturated rings. The summed E-state index contributed by atoms with van der Waals surface area (Å²) in [6.07, 6.45) is 0. The smallest absolute Gasteiger partial charge is 0.262 e. The molecule has 0 aliphatic heterocycles. The lowest BCUT2D eigenvalue weighted by Gasteiger charge is -2.16. The van der Waals surface area contributed by atoms with Gasteiger partial charge in [0.05, 0.1) is 10.6 Å². The van der Waals surface area contributed by atoms with Gasteiger partial charge in [-0.2, -0.15) is 0 Å². The van der Waals surface area contributed by atoms with Gasteiger partial charge in [0.2, 0.25) is 5.91 Å². The highest BCUT2D eigenvalue weighted by Gasteiger charge is 2.21. The largest absolute Gasteiger partial charge is 0.326 e. The Hall–Kier alpha value is -2.41. The Balaban J connectivity index is 2.44. The van der Waals surface area contributed by atoms with Crippen molar-refractivity contribution >= 4 is 27.3 Å². The third-order valence-electron chi connectivity index (χ3n) is 3.48. The summed E-state index contributed by atoms with van der Waals surface area (Å²) in [5.41, 5.74) is 2.36. The second kappa shape index (κ2) is 6.60. The lowest BCUT2D eigenvalue weighted by molar-refractivity contribution is -0.114. The van der Waals surface area contributed by atoms with Crippen LogP contribution in [0.2, 0.25) is 0 Å². The zero-order valence-corrected chi connectivity index (χ0v) is 14.7. The number of amides is 1. The van der Waals surface area contributed by atoms with E-state index in [0.717, 1.165) is 0 Å². The van der Waals surface area contributed by atoms with Crippen molar-refractivity contribution in [2.75, 3.05) is 10.0 Å². The molecule has 0 aromatic heterocycles. The Morgan fingerprint density at radius 3 is 2.08 bits per heavy atom. The average molecular weight is 350 g/mol. The van der Waals surface area contributed by atoms with Crippen LogP contribution in [0.5, 0.6) is 0 Å². The minimum Gasteiger partial charge on any atom is -0.326 e. The summed E-state index contributed by atoms with van der Waals surface area (Å²) >= 11 is 0. The van der Waals surface area contributed by atoms with E-state index in [9.17, 15) is 17.6 Å². The molecule has 1 amide bonds. The van der Waals surface area contributed by atoms with Crippen LogP contribution in [0.15, 0.2) is 35.2 Å². The van der Waals surface area contributed by atoms with E-state index in [1.54, 1.807) is 32.9 Å². The maximum absolute atomic E-state index is 13.2. The molecule has 0 unspecified atom stereocenters. The van der Waals surface area contributed by atoms with Crippen LogP contribution in [0.4, 0.5) is 15.8 Å². The van der Waals surface area contributed by atoms with Crippen LogP contribution in [0, 0.1) is 26.6 Å². The Bertz CT molecular complexity index is 885. The van der Waals surface area contributed by atoms with Crippen molar-refractivity contribution in [1.29, 1.82) is 0 Å². The van der Waals surface area contributed by atoms with E-state index in [-0.39, 0.29) is 10.8 Å². The normalized spacial score (nSPS) is 11.2. The van der Waals surface area contributed by atoms with Crippen molar-refractivity contribution in [3.8, 4) is 0 Å². The molecule has 2 aromatic carbocycles. The summed E-state index contributed by atoms with van der Waals surface area (Å²) in [5.74, 6) is -0.660. The van der Waals surface area contributed by atoms with Gasteiger partial charge in [0.15, 0.2) is 0 Å². The van der Waals surface area contributed by atoms with Crippen molar-refractivity contribution in [3.05, 3.63) is 52.8 Å². The number of benzene rings is 2. The summed E-state index contributed by atoms with van der Waals surface area (Å²) in [7, 11) is -3.84. The van der Waals surface area contributed by atoms with E-state index >= 15 is 0 Å². The van der Waals surface area contributed by atoms with Crippen LogP contribution in [0.25, 0.3) is 0 Å². The summed E-state index contributed by atoms with van der Waals surface area (Å²) in [6.45, 7) is 6.32. The van der Waals surface area contributed by atoms with Crippen molar-refractivity contribution in [3.63, 3.8) is 0 Å². The molecular weight excluding hydrogens is 331 g/mol. The van der Waals surface area contributed by atoms with Crippen molar-refractivity contribution < 1.29 is 17.6 Å². The van der Waals surface area contributed by atoms with E-state index in [2.05, 4.69) is 10.0 Å².